The van der Waals surface area contributed by atoms with E-state index in [1.54, 1.807) is 6.92 Å². The van der Waals surface area contributed by atoms with Gasteiger partial charge >= 0.3 is 5.97 Å². The number of hydrogen-bond acceptors (Lipinski definition) is 3. The van der Waals surface area contributed by atoms with E-state index in [0.717, 1.165) is 70.6 Å². The summed E-state index contributed by atoms with van der Waals surface area (Å²) >= 11 is 0. The van der Waals surface area contributed by atoms with E-state index in [4.69, 9.17) is 5.11 Å². The number of carbonyl (C=O) groups excluding carboxylic acids is 1. The molecule has 0 heterocycles. The lowest BCUT2D eigenvalue weighted by molar-refractivity contribution is -0.137. The standard InChI is InChI=1S/C21H40O4/c1-5-6-16-21(3,4)19(23)14-11-13-18(17(2)22)12-9-7-8-10-15-20(24)25/h18-19,23H,5-16H2,1-4H3,(H,24,25). The molecule has 25 heavy (non-hydrogen) atoms. The molecule has 4 heteroatoms. The van der Waals surface area contributed by atoms with Gasteiger partial charge in [0.25, 0.3) is 0 Å². The van der Waals surface area contributed by atoms with Crippen LogP contribution in [-0.2, 0) is 9.59 Å². The fraction of sp³-hybridized carbons (Fsp3) is 0.905. The zero-order valence-corrected chi connectivity index (χ0v) is 16.9. The molecule has 0 saturated carbocycles. The zero-order chi connectivity index (χ0) is 19.3. The summed E-state index contributed by atoms with van der Waals surface area (Å²) in [6.07, 6.45) is 10.3. The average molecular weight is 357 g/mol. The normalized spacial score (nSPS) is 14.3. The number of carbonyl (C=O) groups is 2. The van der Waals surface area contributed by atoms with Crippen LogP contribution in [-0.4, -0.2) is 28.1 Å². The number of hydrogen-bond donors (Lipinski definition) is 2. The molecule has 0 rings (SSSR count). The van der Waals surface area contributed by atoms with Gasteiger partial charge in [0.1, 0.15) is 5.78 Å². The Bertz CT molecular complexity index is 376. The number of aliphatic hydroxyl groups is 1. The van der Waals surface area contributed by atoms with Crippen LogP contribution in [0.2, 0.25) is 0 Å². The van der Waals surface area contributed by atoms with Crippen LogP contribution < -0.4 is 0 Å². The maximum absolute atomic E-state index is 11.8. The van der Waals surface area contributed by atoms with Crippen molar-refractivity contribution < 1.29 is 19.8 Å². The number of rotatable bonds is 16. The van der Waals surface area contributed by atoms with Crippen LogP contribution in [0.25, 0.3) is 0 Å². The van der Waals surface area contributed by atoms with E-state index in [9.17, 15) is 14.7 Å². The molecule has 0 amide bonds. The lowest BCUT2D eigenvalue weighted by Gasteiger charge is -2.31. The largest absolute Gasteiger partial charge is 0.481 e. The highest BCUT2D eigenvalue weighted by atomic mass is 16.4. The van der Waals surface area contributed by atoms with Gasteiger partial charge in [-0.2, -0.15) is 0 Å². The molecule has 0 fully saturated rings. The summed E-state index contributed by atoms with van der Waals surface area (Å²) in [5.74, 6) is -0.405. The molecule has 0 radical (unpaired) electrons. The molecule has 2 atom stereocenters. The second-order valence-corrected chi connectivity index (χ2v) is 8.19. The third kappa shape index (κ3) is 12.1. The Morgan fingerprint density at radius 3 is 2.08 bits per heavy atom. The van der Waals surface area contributed by atoms with Crippen molar-refractivity contribution in [3.8, 4) is 0 Å². The van der Waals surface area contributed by atoms with Gasteiger partial charge in [-0.25, -0.2) is 0 Å². The lowest BCUT2D eigenvalue weighted by Crippen LogP contribution is -2.29. The van der Waals surface area contributed by atoms with Gasteiger partial charge in [0.05, 0.1) is 6.10 Å². The number of Topliss-reactive ketones (excluding diaryl/α,β-unsaturated/α-hetero) is 1. The van der Waals surface area contributed by atoms with Gasteiger partial charge < -0.3 is 10.2 Å². The maximum atomic E-state index is 11.8. The summed E-state index contributed by atoms with van der Waals surface area (Å²) < 4.78 is 0. The van der Waals surface area contributed by atoms with Crippen LogP contribution in [0.15, 0.2) is 0 Å². The van der Waals surface area contributed by atoms with Crippen LogP contribution in [0.5, 0.6) is 0 Å². The summed E-state index contributed by atoms with van der Waals surface area (Å²) in [5.41, 5.74) is -0.0497. The molecule has 0 spiro atoms. The fourth-order valence-electron chi connectivity index (χ4n) is 3.32. The zero-order valence-electron chi connectivity index (χ0n) is 16.9. The molecule has 0 aliphatic carbocycles. The predicted molar refractivity (Wildman–Crippen MR) is 103 cm³/mol. The second-order valence-electron chi connectivity index (χ2n) is 8.19. The number of unbranched alkanes of at least 4 members (excludes halogenated alkanes) is 4. The lowest BCUT2D eigenvalue weighted by atomic mass is 9.79. The number of carboxylic acids is 1. The molecule has 0 aliphatic rings. The molecule has 148 valence electrons. The van der Waals surface area contributed by atoms with E-state index < -0.39 is 5.97 Å². The van der Waals surface area contributed by atoms with E-state index >= 15 is 0 Å². The Kier molecular flexibility index (Phi) is 12.8. The molecular weight excluding hydrogens is 316 g/mol. The van der Waals surface area contributed by atoms with E-state index in [0.29, 0.717) is 0 Å². The van der Waals surface area contributed by atoms with Gasteiger partial charge in [-0.3, -0.25) is 9.59 Å². The first-order chi connectivity index (χ1) is 11.7. The second kappa shape index (κ2) is 13.3. The molecule has 4 nitrogen and oxygen atoms in total. The van der Waals surface area contributed by atoms with Crippen LogP contribution in [0.4, 0.5) is 0 Å². The molecule has 0 bridgehead atoms. The average Bonchev–Trinajstić information content (AvgIpc) is 2.53. The Balaban J connectivity index is 4.03. The summed E-state index contributed by atoms with van der Waals surface area (Å²) in [5, 5.41) is 19.1. The van der Waals surface area contributed by atoms with Crippen LogP contribution in [0, 0.1) is 11.3 Å². The highest BCUT2D eigenvalue weighted by Gasteiger charge is 2.27. The van der Waals surface area contributed by atoms with Crippen molar-refractivity contribution in [2.24, 2.45) is 11.3 Å². The van der Waals surface area contributed by atoms with E-state index in [-0.39, 0.29) is 29.6 Å². The fourth-order valence-corrected chi connectivity index (χ4v) is 3.32. The number of aliphatic carboxylic acids is 1. The quantitative estimate of drug-likeness (QED) is 0.365. The summed E-state index contributed by atoms with van der Waals surface area (Å²) in [6.45, 7) is 8.10. The topological polar surface area (TPSA) is 74.6 Å². The van der Waals surface area contributed by atoms with Gasteiger partial charge in [-0.15, -0.1) is 0 Å². The molecule has 0 aromatic rings. The predicted octanol–water partition coefficient (Wildman–Crippen LogP) is 5.36. The minimum Gasteiger partial charge on any atom is -0.481 e. The Morgan fingerprint density at radius 1 is 0.920 bits per heavy atom. The third-order valence-electron chi connectivity index (χ3n) is 5.38. The third-order valence-corrected chi connectivity index (χ3v) is 5.38. The SMILES string of the molecule is CCCCC(C)(C)C(O)CCCC(CCCCCCC(=O)O)C(C)=O. The van der Waals surface area contributed by atoms with Gasteiger partial charge in [0.2, 0.25) is 0 Å². The molecule has 0 aliphatic heterocycles. The Labute approximate surface area is 154 Å². The van der Waals surface area contributed by atoms with E-state index in [1.807, 2.05) is 0 Å². The first kappa shape index (κ1) is 24.1. The molecule has 0 aromatic heterocycles. The van der Waals surface area contributed by atoms with Crippen molar-refractivity contribution in [2.75, 3.05) is 0 Å². The smallest absolute Gasteiger partial charge is 0.303 e. The molecule has 2 N–H and O–H groups in total. The van der Waals surface area contributed by atoms with Gasteiger partial charge in [0, 0.05) is 12.3 Å². The number of aliphatic hydroxyl groups excluding tert-OH is 1. The van der Waals surface area contributed by atoms with Crippen LogP contribution in [0.3, 0.4) is 0 Å². The first-order valence-electron chi connectivity index (χ1n) is 10.1. The minimum absolute atomic E-state index is 0.0497. The summed E-state index contributed by atoms with van der Waals surface area (Å²) in [7, 11) is 0. The highest BCUT2D eigenvalue weighted by molar-refractivity contribution is 5.78. The maximum Gasteiger partial charge on any atom is 0.303 e. The molecule has 0 aromatic carbocycles. The van der Waals surface area contributed by atoms with Crippen molar-refractivity contribution in [1.82, 2.24) is 0 Å². The van der Waals surface area contributed by atoms with Crippen molar-refractivity contribution in [1.29, 1.82) is 0 Å². The molecular formula is C21H40O4. The molecule has 0 saturated heterocycles. The van der Waals surface area contributed by atoms with Crippen LogP contribution >= 0.6 is 0 Å². The van der Waals surface area contributed by atoms with E-state index in [2.05, 4.69) is 20.8 Å². The Morgan fingerprint density at radius 2 is 1.52 bits per heavy atom. The van der Waals surface area contributed by atoms with Gasteiger partial charge in [-0.05, 0) is 44.4 Å². The summed E-state index contributed by atoms with van der Waals surface area (Å²) in [6, 6.07) is 0. The van der Waals surface area contributed by atoms with Crippen LogP contribution in [0.1, 0.15) is 105 Å². The van der Waals surface area contributed by atoms with E-state index in [1.165, 1.54) is 0 Å². The van der Waals surface area contributed by atoms with Gasteiger partial charge in [-0.1, -0.05) is 59.3 Å². The van der Waals surface area contributed by atoms with Crippen molar-refractivity contribution in [3.63, 3.8) is 0 Å². The highest BCUT2D eigenvalue weighted by Crippen LogP contribution is 2.31. The first-order valence-corrected chi connectivity index (χ1v) is 10.1. The van der Waals surface area contributed by atoms with Crippen molar-refractivity contribution in [2.45, 2.75) is 111 Å². The number of ketones is 1. The monoisotopic (exact) mass is 356 g/mol. The number of carboxylic acid groups (broad SMARTS) is 1. The Hall–Kier alpha value is -0.900. The molecule has 2 unspecified atom stereocenters. The van der Waals surface area contributed by atoms with Crippen molar-refractivity contribution >= 4 is 11.8 Å². The minimum atomic E-state index is -0.734. The summed E-state index contributed by atoms with van der Waals surface area (Å²) in [4.78, 5) is 22.3. The van der Waals surface area contributed by atoms with Gasteiger partial charge in [0.15, 0.2) is 0 Å². The van der Waals surface area contributed by atoms with Crippen molar-refractivity contribution in [3.05, 3.63) is 0 Å².